The third-order valence-corrected chi connectivity index (χ3v) is 3.42. The van der Waals surface area contributed by atoms with Crippen LogP contribution in [0, 0.1) is 0 Å². The van der Waals surface area contributed by atoms with Crippen molar-refractivity contribution >= 4 is 5.97 Å². The first-order chi connectivity index (χ1) is 8.91. The van der Waals surface area contributed by atoms with Crippen molar-refractivity contribution in [3.63, 3.8) is 0 Å². The van der Waals surface area contributed by atoms with E-state index in [-0.39, 0.29) is 0 Å². The average Bonchev–Trinajstić information content (AvgIpc) is 2.38. The van der Waals surface area contributed by atoms with E-state index in [4.69, 9.17) is 4.74 Å². The number of hydrogen-bond donors (Lipinski definition) is 1. The lowest BCUT2D eigenvalue weighted by Gasteiger charge is -2.26. The summed E-state index contributed by atoms with van der Waals surface area (Å²) in [7, 11) is 0. The SMILES string of the molecule is CCCCOC(C)(C(=O)O)c1ccc(C(C)C)cc1. The Kier molecular flexibility index (Phi) is 5.55. The number of rotatable bonds is 7. The van der Waals surface area contributed by atoms with Crippen LogP contribution >= 0.6 is 0 Å². The molecule has 0 saturated carbocycles. The minimum absolute atomic E-state index is 0.436. The molecule has 0 amide bonds. The molecule has 0 aliphatic carbocycles. The topological polar surface area (TPSA) is 46.5 Å². The van der Waals surface area contributed by atoms with Gasteiger partial charge in [0.05, 0.1) is 0 Å². The van der Waals surface area contributed by atoms with E-state index >= 15 is 0 Å². The smallest absolute Gasteiger partial charge is 0.340 e. The predicted octanol–water partition coefficient (Wildman–Crippen LogP) is 3.93. The third kappa shape index (κ3) is 3.80. The molecular weight excluding hydrogens is 240 g/mol. The Morgan fingerprint density at radius 2 is 1.89 bits per heavy atom. The molecule has 0 fully saturated rings. The normalized spacial score (nSPS) is 14.4. The van der Waals surface area contributed by atoms with Gasteiger partial charge in [-0.05, 0) is 30.4 Å². The van der Waals surface area contributed by atoms with Gasteiger partial charge < -0.3 is 9.84 Å². The zero-order chi connectivity index (χ0) is 14.5. The van der Waals surface area contributed by atoms with Crippen molar-refractivity contribution in [1.29, 1.82) is 0 Å². The molecule has 1 aromatic carbocycles. The molecule has 1 rings (SSSR count). The van der Waals surface area contributed by atoms with E-state index in [2.05, 4.69) is 20.8 Å². The fourth-order valence-electron chi connectivity index (χ4n) is 1.88. The first-order valence-corrected chi connectivity index (χ1v) is 6.89. The van der Waals surface area contributed by atoms with Crippen molar-refractivity contribution in [3.8, 4) is 0 Å². The van der Waals surface area contributed by atoms with Gasteiger partial charge in [-0.2, -0.15) is 0 Å². The summed E-state index contributed by atoms with van der Waals surface area (Å²) in [5.74, 6) is -0.507. The van der Waals surface area contributed by atoms with E-state index in [0.717, 1.165) is 12.8 Å². The van der Waals surface area contributed by atoms with Gasteiger partial charge in [-0.15, -0.1) is 0 Å². The van der Waals surface area contributed by atoms with Gasteiger partial charge in [-0.25, -0.2) is 4.79 Å². The number of ether oxygens (including phenoxy) is 1. The van der Waals surface area contributed by atoms with Crippen LogP contribution in [0.15, 0.2) is 24.3 Å². The summed E-state index contributed by atoms with van der Waals surface area (Å²) in [6, 6.07) is 7.67. The van der Waals surface area contributed by atoms with Gasteiger partial charge in [0.25, 0.3) is 0 Å². The van der Waals surface area contributed by atoms with Crippen molar-refractivity contribution in [1.82, 2.24) is 0 Å². The molecule has 0 bridgehead atoms. The molecule has 0 saturated heterocycles. The molecule has 3 heteroatoms. The highest BCUT2D eigenvalue weighted by Gasteiger charge is 2.36. The Morgan fingerprint density at radius 3 is 2.32 bits per heavy atom. The van der Waals surface area contributed by atoms with Gasteiger partial charge in [0.15, 0.2) is 5.60 Å². The number of carboxylic acid groups (broad SMARTS) is 1. The maximum Gasteiger partial charge on any atom is 0.340 e. The van der Waals surface area contributed by atoms with Crippen LogP contribution in [-0.4, -0.2) is 17.7 Å². The van der Waals surface area contributed by atoms with Gasteiger partial charge in [0, 0.05) is 6.61 Å². The lowest BCUT2D eigenvalue weighted by Crippen LogP contribution is -2.35. The standard InChI is InChI=1S/C16H24O3/c1-5-6-11-19-16(4,15(17)18)14-9-7-13(8-10-14)12(2)3/h7-10,12H,5-6,11H2,1-4H3,(H,17,18). The molecule has 19 heavy (non-hydrogen) atoms. The first-order valence-electron chi connectivity index (χ1n) is 6.89. The fraction of sp³-hybridized carbons (Fsp3) is 0.562. The van der Waals surface area contributed by atoms with E-state index in [0.29, 0.717) is 18.1 Å². The summed E-state index contributed by atoms with van der Waals surface area (Å²) in [5, 5.41) is 9.44. The summed E-state index contributed by atoms with van der Waals surface area (Å²) in [5.41, 5.74) is 0.635. The highest BCUT2D eigenvalue weighted by molar-refractivity contribution is 5.79. The lowest BCUT2D eigenvalue weighted by molar-refractivity contribution is -0.165. The van der Waals surface area contributed by atoms with Crippen molar-refractivity contribution in [2.75, 3.05) is 6.61 Å². The lowest BCUT2D eigenvalue weighted by atomic mass is 9.93. The molecule has 0 aliphatic heterocycles. The average molecular weight is 264 g/mol. The van der Waals surface area contributed by atoms with Gasteiger partial charge >= 0.3 is 5.97 Å². The minimum atomic E-state index is -1.26. The number of unbranched alkanes of at least 4 members (excludes halogenated alkanes) is 1. The summed E-state index contributed by atoms with van der Waals surface area (Å²) in [6.07, 6.45) is 1.86. The molecule has 1 unspecified atom stereocenters. The van der Waals surface area contributed by atoms with E-state index in [1.165, 1.54) is 5.56 Å². The molecule has 1 aromatic rings. The monoisotopic (exact) mass is 264 g/mol. The molecule has 0 aromatic heterocycles. The predicted molar refractivity (Wildman–Crippen MR) is 76.4 cm³/mol. The van der Waals surface area contributed by atoms with Crippen molar-refractivity contribution in [2.45, 2.75) is 52.1 Å². The van der Waals surface area contributed by atoms with Crippen LogP contribution in [0.4, 0.5) is 0 Å². The maximum atomic E-state index is 11.5. The largest absolute Gasteiger partial charge is 0.479 e. The summed E-state index contributed by atoms with van der Waals surface area (Å²) in [4.78, 5) is 11.5. The Labute approximate surface area is 115 Å². The summed E-state index contributed by atoms with van der Waals surface area (Å²) >= 11 is 0. The van der Waals surface area contributed by atoms with Crippen LogP contribution in [0.5, 0.6) is 0 Å². The highest BCUT2D eigenvalue weighted by atomic mass is 16.5. The van der Waals surface area contributed by atoms with Crippen LogP contribution in [0.2, 0.25) is 0 Å². The minimum Gasteiger partial charge on any atom is -0.479 e. The van der Waals surface area contributed by atoms with Crippen molar-refractivity contribution in [3.05, 3.63) is 35.4 Å². The van der Waals surface area contributed by atoms with Gasteiger partial charge in [-0.1, -0.05) is 51.5 Å². The van der Waals surface area contributed by atoms with Crippen LogP contribution in [0.25, 0.3) is 0 Å². The van der Waals surface area contributed by atoms with Crippen LogP contribution in [0.3, 0.4) is 0 Å². The van der Waals surface area contributed by atoms with E-state index in [9.17, 15) is 9.90 Å². The fourth-order valence-corrected chi connectivity index (χ4v) is 1.88. The summed E-state index contributed by atoms with van der Waals surface area (Å²) in [6.45, 7) is 8.37. The molecule has 0 spiro atoms. The van der Waals surface area contributed by atoms with E-state index in [1.807, 2.05) is 24.3 Å². The molecule has 3 nitrogen and oxygen atoms in total. The molecule has 1 atom stereocenters. The first kappa shape index (κ1) is 15.7. The molecular formula is C16H24O3. The van der Waals surface area contributed by atoms with Gasteiger partial charge in [-0.3, -0.25) is 0 Å². The Balaban J connectivity index is 2.95. The zero-order valence-electron chi connectivity index (χ0n) is 12.3. The quantitative estimate of drug-likeness (QED) is 0.759. The second-order valence-electron chi connectivity index (χ2n) is 5.32. The number of aliphatic carboxylic acids is 1. The summed E-state index contributed by atoms with van der Waals surface area (Å²) < 4.78 is 5.62. The van der Waals surface area contributed by atoms with Crippen LogP contribution < -0.4 is 0 Å². The number of benzene rings is 1. The van der Waals surface area contributed by atoms with Crippen molar-refractivity contribution in [2.24, 2.45) is 0 Å². The van der Waals surface area contributed by atoms with E-state index < -0.39 is 11.6 Å². The van der Waals surface area contributed by atoms with Gasteiger partial charge in [0.2, 0.25) is 0 Å². The van der Waals surface area contributed by atoms with E-state index in [1.54, 1.807) is 6.92 Å². The highest BCUT2D eigenvalue weighted by Crippen LogP contribution is 2.27. The molecule has 1 N–H and O–H groups in total. The molecule has 106 valence electrons. The van der Waals surface area contributed by atoms with Crippen molar-refractivity contribution < 1.29 is 14.6 Å². The second-order valence-corrected chi connectivity index (χ2v) is 5.32. The molecule has 0 aliphatic rings. The third-order valence-electron chi connectivity index (χ3n) is 3.42. The number of carbonyl (C=O) groups is 1. The van der Waals surface area contributed by atoms with Gasteiger partial charge in [0.1, 0.15) is 0 Å². The Morgan fingerprint density at radius 1 is 1.32 bits per heavy atom. The molecule has 0 radical (unpaired) electrons. The van der Waals surface area contributed by atoms with Crippen LogP contribution in [0.1, 0.15) is 57.6 Å². The Hall–Kier alpha value is -1.35. The molecule has 0 heterocycles. The van der Waals surface area contributed by atoms with Crippen LogP contribution in [-0.2, 0) is 15.1 Å². The Bertz CT molecular complexity index is 409. The number of carboxylic acids is 1. The zero-order valence-corrected chi connectivity index (χ0v) is 12.3. The maximum absolute atomic E-state index is 11.5. The second kappa shape index (κ2) is 6.71. The number of hydrogen-bond acceptors (Lipinski definition) is 2.